The molecule has 0 unspecified atom stereocenters. The molecule has 1 saturated heterocycles. The van der Waals surface area contributed by atoms with Crippen LogP contribution in [0.1, 0.15) is 36.0 Å². The molecule has 1 aliphatic carbocycles. The number of amides is 1. The van der Waals surface area contributed by atoms with Crippen LogP contribution >= 0.6 is 28.3 Å². The Morgan fingerprint density at radius 1 is 1.27 bits per heavy atom. The van der Waals surface area contributed by atoms with E-state index >= 15 is 0 Å². The van der Waals surface area contributed by atoms with Crippen LogP contribution in [0.5, 0.6) is 0 Å². The highest BCUT2D eigenvalue weighted by molar-refractivity contribution is 9.10. The molecule has 1 heterocycles. The summed E-state index contributed by atoms with van der Waals surface area (Å²) in [6.07, 6.45) is 4.67. The number of benzene rings is 1. The van der Waals surface area contributed by atoms with Gasteiger partial charge in [0, 0.05) is 23.6 Å². The van der Waals surface area contributed by atoms with E-state index in [4.69, 9.17) is 0 Å². The number of nitrogens with one attached hydrogen (secondary N) is 1. The van der Waals surface area contributed by atoms with Gasteiger partial charge in [0.2, 0.25) is 0 Å². The van der Waals surface area contributed by atoms with Gasteiger partial charge in [0.15, 0.2) is 0 Å². The van der Waals surface area contributed by atoms with Gasteiger partial charge in [-0.05, 0) is 72.3 Å². The van der Waals surface area contributed by atoms with Crippen LogP contribution in [0, 0.1) is 11.7 Å². The maximum absolute atomic E-state index is 13.3. The number of hydrogen-bond acceptors (Lipinski definition) is 2. The molecule has 3 rings (SSSR count). The van der Waals surface area contributed by atoms with Crippen molar-refractivity contribution in [1.29, 1.82) is 0 Å². The zero-order valence-corrected chi connectivity index (χ0v) is 14.8. The molecular formula is C16H21BrClFN2O. The summed E-state index contributed by atoms with van der Waals surface area (Å²) in [6.45, 7) is 2.60. The van der Waals surface area contributed by atoms with Crippen molar-refractivity contribution in [3.63, 3.8) is 0 Å². The summed E-state index contributed by atoms with van der Waals surface area (Å²) in [5, 5.41) is 3.60. The van der Waals surface area contributed by atoms with Gasteiger partial charge in [0.05, 0.1) is 5.56 Å². The summed E-state index contributed by atoms with van der Waals surface area (Å²) >= 11 is 3.33. The maximum Gasteiger partial charge on any atom is 0.255 e. The number of rotatable bonds is 4. The quantitative estimate of drug-likeness (QED) is 0.850. The van der Waals surface area contributed by atoms with Gasteiger partial charge in [-0.25, -0.2) is 4.39 Å². The Balaban J connectivity index is 0.00000176. The first-order valence-corrected chi connectivity index (χ1v) is 8.40. The molecule has 22 heavy (non-hydrogen) atoms. The molecule has 0 aromatic heterocycles. The van der Waals surface area contributed by atoms with Gasteiger partial charge >= 0.3 is 0 Å². The minimum atomic E-state index is -0.373. The van der Waals surface area contributed by atoms with Crippen LogP contribution in [0.2, 0.25) is 0 Å². The van der Waals surface area contributed by atoms with E-state index in [-0.39, 0.29) is 24.1 Å². The highest BCUT2D eigenvalue weighted by Crippen LogP contribution is 2.28. The van der Waals surface area contributed by atoms with Gasteiger partial charge in [-0.15, -0.1) is 12.4 Å². The molecule has 1 aliphatic heterocycles. The molecule has 1 N–H and O–H groups in total. The number of likely N-dealkylation sites (tertiary alicyclic amines) is 1. The van der Waals surface area contributed by atoms with E-state index < -0.39 is 0 Å². The fourth-order valence-electron chi connectivity index (χ4n) is 2.77. The Morgan fingerprint density at radius 2 is 1.95 bits per heavy atom. The Hall–Kier alpha value is -0.650. The van der Waals surface area contributed by atoms with Crippen molar-refractivity contribution in [2.24, 2.45) is 5.92 Å². The number of carbonyl (C=O) groups excluding carboxylic acids is 1. The monoisotopic (exact) mass is 390 g/mol. The number of hydrogen-bond donors (Lipinski definition) is 1. The van der Waals surface area contributed by atoms with Crippen LogP contribution < -0.4 is 5.32 Å². The van der Waals surface area contributed by atoms with E-state index in [1.54, 1.807) is 6.07 Å². The molecule has 3 nitrogen and oxygen atoms in total. The Labute approximate surface area is 145 Å². The van der Waals surface area contributed by atoms with E-state index in [2.05, 4.69) is 21.2 Å². The Morgan fingerprint density at radius 3 is 2.59 bits per heavy atom. The second kappa shape index (κ2) is 7.75. The molecule has 6 heteroatoms. The van der Waals surface area contributed by atoms with Crippen molar-refractivity contribution >= 4 is 34.2 Å². The van der Waals surface area contributed by atoms with Crippen LogP contribution in [-0.2, 0) is 0 Å². The lowest BCUT2D eigenvalue weighted by molar-refractivity contribution is 0.0703. The number of halogens is 3. The van der Waals surface area contributed by atoms with E-state index in [0.717, 1.165) is 38.4 Å². The van der Waals surface area contributed by atoms with Crippen LogP contribution in [0.15, 0.2) is 22.7 Å². The third-order valence-electron chi connectivity index (χ3n) is 4.33. The van der Waals surface area contributed by atoms with E-state index in [1.165, 1.54) is 25.0 Å². The van der Waals surface area contributed by atoms with E-state index in [1.807, 2.05) is 4.90 Å². The molecule has 1 saturated carbocycles. The molecule has 1 aromatic carbocycles. The Kier molecular flexibility index (Phi) is 6.24. The SMILES string of the molecule is Cl.O=C(c1cc(F)ccc1Br)N1CCC(NCC2CC2)CC1. The lowest BCUT2D eigenvalue weighted by atomic mass is 10.0. The van der Waals surface area contributed by atoms with Crippen molar-refractivity contribution < 1.29 is 9.18 Å². The summed E-state index contributed by atoms with van der Waals surface area (Å²) in [5.74, 6) is 0.428. The largest absolute Gasteiger partial charge is 0.338 e. The minimum absolute atomic E-state index is 0. The average molecular weight is 392 g/mol. The second-order valence-corrected chi connectivity index (χ2v) is 6.90. The summed E-state index contributed by atoms with van der Waals surface area (Å²) in [7, 11) is 0. The molecule has 1 aromatic rings. The van der Waals surface area contributed by atoms with Gasteiger partial charge in [0.1, 0.15) is 5.82 Å². The number of carbonyl (C=O) groups is 1. The van der Waals surface area contributed by atoms with Crippen LogP contribution in [-0.4, -0.2) is 36.5 Å². The van der Waals surface area contributed by atoms with Crippen LogP contribution in [0.3, 0.4) is 0 Å². The van der Waals surface area contributed by atoms with Crippen molar-refractivity contribution in [2.45, 2.75) is 31.7 Å². The summed E-state index contributed by atoms with van der Waals surface area (Å²) in [4.78, 5) is 14.3. The zero-order valence-electron chi connectivity index (χ0n) is 12.4. The first-order chi connectivity index (χ1) is 10.1. The average Bonchev–Trinajstić information content (AvgIpc) is 3.32. The van der Waals surface area contributed by atoms with Crippen LogP contribution in [0.25, 0.3) is 0 Å². The van der Waals surface area contributed by atoms with Gasteiger partial charge in [-0.2, -0.15) is 0 Å². The highest BCUT2D eigenvalue weighted by Gasteiger charge is 2.27. The minimum Gasteiger partial charge on any atom is -0.338 e. The first kappa shape index (κ1) is 17.7. The van der Waals surface area contributed by atoms with E-state index in [0.29, 0.717) is 16.1 Å². The predicted molar refractivity (Wildman–Crippen MR) is 91.0 cm³/mol. The zero-order chi connectivity index (χ0) is 14.8. The van der Waals surface area contributed by atoms with Crippen molar-refractivity contribution in [2.75, 3.05) is 19.6 Å². The molecule has 0 radical (unpaired) electrons. The lowest BCUT2D eigenvalue weighted by Gasteiger charge is -2.32. The topological polar surface area (TPSA) is 32.3 Å². The fraction of sp³-hybridized carbons (Fsp3) is 0.562. The second-order valence-electron chi connectivity index (χ2n) is 6.04. The molecule has 0 spiro atoms. The third-order valence-corrected chi connectivity index (χ3v) is 5.02. The van der Waals surface area contributed by atoms with Crippen LogP contribution in [0.4, 0.5) is 4.39 Å². The standard InChI is InChI=1S/C16H20BrFN2O.ClH/c17-15-4-3-12(18)9-14(15)16(21)20-7-5-13(6-8-20)19-10-11-1-2-11;/h3-4,9,11,13,19H,1-2,5-8,10H2;1H. The molecule has 2 fully saturated rings. The summed E-state index contributed by atoms with van der Waals surface area (Å²) in [6, 6.07) is 4.77. The van der Waals surface area contributed by atoms with Crippen molar-refractivity contribution in [1.82, 2.24) is 10.2 Å². The molecule has 1 amide bonds. The van der Waals surface area contributed by atoms with Gasteiger partial charge in [-0.1, -0.05) is 0 Å². The maximum atomic E-state index is 13.3. The number of nitrogens with zero attached hydrogens (tertiary/aromatic N) is 1. The summed E-state index contributed by atoms with van der Waals surface area (Å²) < 4.78 is 14.0. The smallest absolute Gasteiger partial charge is 0.255 e. The number of piperidine rings is 1. The van der Waals surface area contributed by atoms with Crippen molar-refractivity contribution in [3.05, 3.63) is 34.1 Å². The molecule has 0 bridgehead atoms. The van der Waals surface area contributed by atoms with Gasteiger partial charge in [-0.3, -0.25) is 4.79 Å². The molecule has 122 valence electrons. The van der Waals surface area contributed by atoms with Gasteiger partial charge < -0.3 is 10.2 Å². The predicted octanol–water partition coefficient (Wildman–Crippen LogP) is 3.61. The lowest BCUT2D eigenvalue weighted by Crippen LogP contribution is -2.45. The van der Waals surface area contributed by atoms with E-state index in [9.17, 15) is 9.18 Å². The summed E-state index contributed by atoms with van der Waals surface area (Å²) in [5.41, 5.74) is 0.416. The fourth-order valence-corrected chi connectivity index (χ4v) is 3.19. The van der Waals surface area contributed by atoms with Crippen molar-refractivity contribution in [3.8, 4) is 0 Å². The third kappa shape index (κ3) is 4.43. The normalized spacial score (nSPS) is 18.9. The molecule has 2 aliphatic rings. The highest BCUT2D eigenvalue weighted by atomic mass is 79.9. The first-order valence-electron chi connectivity index (χ1n) is 7.61. The molecule has 0 atom stereocenters. The Bertz CT molecular complexity index is 531. The van der Waals surface area contributed by atoms with Gasteiger partial charge in [0.25, 0.3) is 5.91 Å². The molecular weight excluding hydrogens is 371 g/mol.